The van der Waals surface area contributed by atoms with Gasteiger partial charge < -0.3 is 29.1 Å². The molecular weight excluding hydrogens is 434 g/mol. The van der Waals surface area contributed by atoms with Gasteiger partial charge in [-0.1, -0.05) is 36.8 Å². The van der Waals surface area contributed by atoms with Gasteiger partial charge in [0.1, 0.15) is 6.29 Å². The molecule has 34 heavy (non-hydrogen) atoms. The molecule has 3 aliphatic heterocycles. The van der Waals surface area contributed by atoms with E-state index in [0.29, 0.717) is 12.3 Å². The quantitative estimate of drug-likeness (QED) is 0.225. The van der Waals surface area contributed by atoms with Gasteiger partial charge >= 0.3 is 0 Å². The summed E-state index contributed by atoms with van der Waals surface area (Å²) in [6.45, 7) is 8.93. The summed E-state index contributed by atoms with van der Waals surface area (Å²) in [5.74, 6) is 0.212. The Hall–Kier alpha value is -1.80. The molecule has 0 aliphatic carbocycles. The largest absolute Gasteiger partial charge is 0.378 e. The van der Waals surface area contributed by atoms with Gasteiger partial charge in [-0.15, -0.1) is 0 Å². The Labute approximate surface area is 203 Å². The average molecular weight is 476 g/mol. The smallest absolute Gasteiger partial charge is 0.244 e. The van der Waals surface area contributed by atoms with Crippen LogP contribution in [0.3, 0.4) is 0 Å². The summed E-state index contributed by atoms with van der Waals surface area (Å²) in [6, 6.07) is -0.00838. The van der Waals surface area contributed by atoms with Gasteiger partial charge in [-0.2, -0.15) is 0 Å². The minimum Gasteiger partial charge on any atom is -0.378 e. The van der Waals surface area contributed by atoms with E-state index >= 15 is 0 Å². The predicted octanol–water partition coefficient (Wildman–Crippen LogP) is 3.67. The van der Waals surface area contributed by atoms with E-state index in [1.807, 2.05) is 13.8 Å². The fraction of sp³-hybridized carbons (Fsp3) is 0.704. The first-order valence-corrected chi connectivity index (χ1v) is 12.5. The van der Waals surface area contributed by atoms with Crippen LogP contribution in [-0.2, 0) is 28.5 Å². The van der Waals surface area contributed by atoms with Crippen LogP contribution in [-0.4, -0.2) is 68.1 Å². The minimum absolute atomic E-state index is 0.00838. The molecule has 3 heterocycles. The summed E-state index contributed by atoms with van der Waals surface area (Å²) >= 11 is 0. The zero-order valence-corrected chi connectivity index (χ0v) is 21.2. The average Bonchev–Trinajstić information content (AvgIpc) is 3.54. The molecule has 1 amide bonds. The van der Waals surface area contributed by atoms with E-state index in [1.165, 1.54) is 6.08 Å². The van der Waals surface area contributed by atoms with Gasteiger partial charge in [0.2, 0.25) is 5.91 Å². The number of carbonyl (C=O) groups excluding carboxylic acids is 2. The predicted molar refractivity (Wildman–Crippen MR) is 130 cm³/mol. The Morgan fingerprint density at radius 1 is 1.21 bits per heavy atom. The number of nitrogens with one attached hydrogen (secondary N) is 1. The van der Waals surface area contributed by atoms with E-state index in [2.05, 4.69) is 37.4 Å². The van der Waals surface area contributed by atoms with Crippen LogP contribution in [0.2, 0.25) is 0 Å². The molecule has 8 atom stereocenters. The fourth-order valence-corrected chi connectivity index (χ4v) is 4.78. The second-order valence-corrected chi connectivity index (χ2v) is 10.1. The van der Waals surface area contributed by atoms with E-state index in [0.717, 1.165) is 44.1 Å². The van der Waals surface area contributed by atoms with Crippen LogP contribution in [0.15, 0.2) is 36.0 Å². The van der Waals surface area contributed by atoms with E-state index < -0.39 is 0 Å². The zero-order chi connectivity index (χ0) is 24.7. The molecule has 0 aromatic carbocycles. The highest BCUT2D eigenvalue weighted by Gasteiger charge is 2.51. The molecule has 0 radical (unpaired) electrons. The maximum absolute atomic E-state index is 12.2. The molecule has 0 saturated carbocycles. The maximum atomic E-state index is 12.2. The molecular formula is C27H41NO6. The third-order valence-electron chi connectivity index (χ3n) is 7.13. The van der Waals surface area contributed by atoms with Gasteiger partial charge in [0.15, 0.2) is 0 Å². The number of carbonyl (C=O) groups is 2. The fourth-order valence-electron chi connectivity index (χ4n) is 4.78. The van der Waals surface area contributed by atoms with Crippen LogP contribution >= 0.6 is 0 Å². The maximum Gasteiger partial charge on any atom is 0.244 e. The Balaban J connectivity index is 1.47. The van der Waals surface area contributed by atoms with Crippen molar-refractivity contribution < 1.29 is 28.5 Å². The number of amides is 1. The van der Waals surface area contributed by atoms with Crippen molar-refractivity contribution in [2.75, 3.05) is 13.7 Å². The lowest BCUT2D eigenvalue weighted by Crippen LogP contribution is -2.50. The first kappa shape index (κ1) is 26.8. The molecule has 0 bridgehead atoms. The first-order chi connectivity index (χ1) is 16.2. The molecule has 3 fully saturated rings. The third kappa shape index (κ3) is 7.87. The van der Waals surface area contributed by atoms with Crippen LogP contribution in [0.25, 0.3) is 0 Å². The van der Waals surface area contributed by atoms with Gasteiger partial charge in [0.05, 0.1) is 48.8 Å². The molecule has 0 aromatic heterocycles. The number of hydrogen-bond donors (Lipinski definition) is 1. The number of aldehydes is 1. The number of allylic oxidation sites excluding steroid dienone is 2. The number of epoxide rings is 1. The topological polar surface area (TPSA) is 86.4 Å². The van der Waals surface area contributed by atoms with Crippen molar-refractivity contribution in [1.29, 1.82) is 0 Å². The summed E-state index contributed by atoms with van der Waals surface area (Å²) in [6.07, 6.45) is 14.2. The standard InChI is InChI=1S/C27H41NO6/c1-18(6-9-22-15-27(17-32-27)16-23(34-22)12-13-29)7-10-25-19(2)14-24(21(4)33-25)28-26(30)11-8-20(3)31-5/h6-9,11,13,19-25H,10,12,14-17H2,1-5H3,(H,28,30)/b9-6+,11-8-,18-7+/t19?,20?,21?,22?,23-,24?,25?,27?/m1/s1. The number of hydrogen-bond acceptors (Lipinski definition) is 6. The zero-order valence-electron chi connectivity index (χ0n) is 21.2. The van der Waals surface area contributed by atoms with Gasteiger partial charge in [0.25, 0.3) is 0 Å². The Kier molecular flexibility index (Phi) is 9.65. The van der Waals surface area contributed by atoms with Gasteiger partial charge in [-0.05, 0) is 39.5 Å². The van der Waals surface area contributed by atoms with Crippen molar-refractivity contribution in [2.24, 2.45) is 5.92 Å². The van der Waals surface area contributed by atoms with Crippen molar-refractivity contribution in [3.63, 3.8) is 0 Å². The third-order valence-corrected chi connectivity index (χ3v) is 7.13. The molecule has 7 heteroatoms. The van der Waals surface area contributed by atoms with Crippen molar-refractivity contribution >= 4 is 12.2 Å². The van der Waals surface area contributed by atoms with Gasteiger partial charge in [0, 0.05) is 32.4 Å². The van der Waals surface area contributed by atoms with Crippen molar-refractivity contribution in [3.05, 3.63) is 36.0 Å². The SMILES string of the molecule is COC(C)/C=C\C(=O)NC1CC(C)C(C/C=C(C)/C=C/C2CC3(CO3)C[C@@H](CC=O)O2)OC1C. The molecule has 3 saturated heterocycles. The highest BCUT2D eigenvalue weighted by Crippen LogP contribution is 2.42. The van der Waals surface area contributed by atoms with Crippen LogP contribution < -0.4 is 5.32 Å². The summed E-state index contributed by atoms with van der Waals surface area (Å²) in [5, 5.41) is 3.07. The molecule has 1 spiro atoms. The van der Waals surface area contributed by atoms with Crippen LogP contribution in [0, 0.1) is 5.92 Å². The second-order valence-electron chi connectivity index (χ2n) is 10.1. The van der Waals surface area contributed by atoms with E-state index in [9.17, 15) is 9.59 Å². The highest BCUT2D eigenvalue weighted by molar-refractivity contribution is 5.87. The molecule has 1 N–H and O–H groups in total. The summed E-state index contributed by atoms with van der Waals surface area (Å²) in [7, 11) is 1.62. The molecule has 7 unspecified atom stereocenters. The number of ether oxygens (including phenoxy) is 4. The molecule has 3 rings (SSSR count). The van der Waals surface area contributed by atoms with Crippen LogP contribution in [0.1, 0.15) is 59.8 Å². The second kappa shape index (κ2) is 12.2. The monoisotopic (exact) mass is 475 g/mol. The lowest BCUT2D eigenvalue weighted by molar-refractivity contribution is -0.123. The number of rotatable bonds is 10. The first-order valence-electron chi connectivity index (χ1n) is 12.5. The molecule has 0 aromatic rings. The highest BCUT2D eigenvalue weighted by atomic mass is 16.6. The molecule has 190 valence electrons. The van der Waals surface area contributed by atoms with Crippen molar-refractivity contribution in [1.82, 2.24) is 5.32 Å². The summed E-state index contributed by atoms with van der Waals surface area (Å²) in [4.78, 5) is 23.1. The summed E-state index contributed by atoms with van der Waals surface area (Å²) < 4.78 is 23.1. The lowest BCUT2D eigenvalue weighted by Gasteiger charge is -2.39. The number of methoxy groups -OCH3 is 1. The van der Waals surface area contributed by atoms with Gasteiger partial charge in [-0.25, -0.2) is 0 Å². The Bertz CT molecular complexity index is 786. The molecule has 7 nitrogen and oxygen atoms in total. The normalized spacial score (nSPS) is 37.3. The van der Waals surface area contributed by atoms with E-state index in [1.54, 1.807) is 13.2 Å². The van der Waals surface area contributed by atoms with Gasteiger partial charge in [-0.3, -0.25) is 4.79 Å². The minimum atomic E-state index is -0.116. The van der Waals surface area contributed by atoms with E-state index in [4.69, 9.17) is 18.9 Å². The molecule has 3 aliphatic rings. The van der Waals surface area contributed by atoms with Crippen LogP contribution in [0.4, 0.5) is 0 Å². The van der Waals surface area contributed by atoms with Crippen molar-refractivity contribution in [2.45, 2.75) is 102 Å². The Morgan fingerprint density at radius 2 is 1.97 bits per heavy atom. The van der Waals surface area contributed by atoms with E-state index in [-0.39, 0.29) is 48.1 Å². The van der Waals surface area contributed by atoms with Crippen molar-refractivity contribution in [3.8, 4) is 0 Å². The lowest BCUT2D eigenvalue weighted by atomic mass is 9.88. The summed E-state index contributed by atoms with van der Waals surface area (Å²) in [5.41, 5.74) is 1.08. The Morgan fingerprint density at radius 3 is 2.65 bits per heavy atom. The van der Waals surface area contributed by atoms with Crippen LogP contribution in [0.5, 0.6) is 0 Å².